The lowest BCUT2D eigenvalue weighted by molar-refractivity contribution is 0.0133. The largest absolute Gasteiger partial charge is 0.447 e. The van der Waals surface area contributed by atoms with E-state index >= 15 is 0 Å². The zero-order chi connectivity index (χ0) is 17.3. The van der Waals surface area contributed by atoms with Crippen molar-refractivity contribution >= 4 is 17.6 Å². The summed E-state index contributed by atoms with van der Waals surface area (Å²) in [5, 5.41) is 17.7. The highest BCUT2D eigenvalue weighted by Gasteiger charge is 2.24. The molecule has 0 bridgehead atoms. The molecule has 2 aromatic carbocycles. The number of nitrogens with one attached hydrogen (secondary N) is 1. The van der Waals surface area contributed by atoms with Crippen LogP contribution in [0.5, 0.6) is 0 Å². The summed E-state index contributed by atoms with van der Waals surface area (Å²) in [6.45, 7) is 0.706. The van der Waals surface area contributed by atoms with Crippen LogP contribution < -0.4 is 4.90 Å². The number of hydrogen-bond donors (Lipinski definition) is 2. The standard InChI is InChI=1S/C17H16FN3O3/c1-20(23)16(19)12-4-2-11(3-5-12)14-7-6-13(10-15(14)18)21-8-9-24-17(21)22/h2-7,10,19,23H,8-9H2,1H3. The van der Waals surface area contributed by atoms with Gasteiger partial charge in [-0.15, -0.1) is 0 Å². The van der Waals surface area contributed by atoms with Crippen LogP contribution in [0.4, 0.5) is 14.9 Å². The molecule has 2 aromatic rings. The third-order valence-electron chi connectivity index (χ3n) is 3.82. The van der Waals surface area contributed by atoms with Crippen LogP contribution >= 0.6 is 0 Å². The first kappa shape index (κ1) is 15.9. The molecule has 1 amide bonds. The number of ether oxygens (including phenoxy) is 1. The molecule has 0 atom stereocenters. The number of amidine groups is 1. The van der Waals surface area contributed by atoms with E-state index in [1.165, 1.54) is 18.0 Å². The van der Waals surface area contributed by atoms with Crippen molar-refractivity contribution in [2.24, 2.45) is 0 Å². The second-order valence-electron chi connectivity index (χ2n) is 5.38. The number of benzene rings is 2. The summed E-state index contributed by atoms with van der Waals surface area (Å²) in [4.78, 5) is 12.9. The van der Waals surface area contributed by atoms with Crippen LogP contribution in [0.3, 0.4) is 0 Å². The molecule has 1 saturated heterocycles. The first-order chi connectivity index (χ1) is 11.5. The SMILES string of the molecule is CN(O)C(=N)c1ccc(-c2ccc(N3CCOC3=O)cc2F)cc1. The Morgan fingerprint density at radius 3 is 2.54 bits per heavy atom. The van der Waals surface area contributed by atoms with Gasteiger partial charge in [-0.3, -0.25) is 15.5 Å². The molecule has 1 aliphatic rings. The van der Waals surface area contributed by atoms with Crippen LogP contribution in [0.15, 0.2) is 42.5 Å². The number of nitrogens with zero attached hydrogens (tertiary/aromatic N) is 2. The molecule has 0 saturated carbocycles. The lowest BCUT2D eigenvalue weighted by Crippen LogP contribution is -2.23. The van der Waals surface area contributed by atoms with Gasteiger partial charge in [-0.25, -0.2) is 14.2 Å². The average Bonchev–Trinajstić information content (AvgIpc) is 3.00. The summed E-state index contributed by atoms with van der Waals surface area (Å²) in [5.41, 5.74) is 2.00. The lowest BCUT2D eigenvalue weighted by atomic mass is 10.0. The number of hydroxylamine groups is 2. The highest BCUT2D eigenvalue weighted by Crippen LogP contribution is 2.28. The second-order valence-corrected chi connectivity index (χ2v) is 5.38. The highest BCUT2D eigenvalue weighted by atomic mass is 19.1. The predicted molar refractivity (Wildman–Crippen MR) is 86.9 cm³/mol. The normalized spacial score (nSPS) is 13.8. The van der Waals surface area contributed by atoms with Gasteiger partial charge in [0.1, 0.15) is 12.4 Å². The van der Waals surface area contributed by atoms with Gasteiger partial charge in [0.25, 0.3) is 0 Å². The third-order valence-corrected chi connectivity index (χ3v) is 3.82. The van der Waals surface area contributed by atoms with Crippen molar-refractivity contribution in [3.8, 4) is 11.1 Å². The van der Waals surface area contributed by atoms with E-state index in [2.05, 4.69) is 0 Å². The van der Waals surface area contributed by atoms with Gasteiger partial charge in [0, 0.05) is 18.2 Å². The van der Waals surface area contributed by atoms with Crippen molar-refractivity contribution < 1.29 is 19.1 Å². The number of hydrogen-bond acceptors (Lipinski definition) is 4. The van der Waals surface area contributed by atoms with Crippen LogP contribution in [0.25, 0.3) is 11.1 Å². The quantitative estimate of drug-likeness (QED) is 0.515. The van der Waals surface area contributed by atoms with E-state index in [4.69, 9.17) is 10.1 Å². The maximum atomic E-state index is 14.4. The van der Waals surface area contributed by atoms with Crippen LogP contribution in [-0.2, 0) is 4.74 Å². The summed E-state index contributed by atoms with van der Waals surface area (Å²) in [5.74, 6) is -0.501. The molecule has 24 heavy (non-hydrogen) atoms. The molecule has 7 heteroatoms. The third kappa shape index (κ3) is 2.93. The summed E-state index contributed by atoms with van der Waals surface area (Å²) in [7, 11) is 1.36. The highest BCUT2D eigenvalue weighted by molar-refractivity contribution is 5.96. The summed E-state index contributed by atoms with van der Waals surface area (Å²) in [6.07, 6.45) is -0.474. The Morgan fingerprint density at radius 2 is 2.00 bits per heavy atom. The first-order valence-electron chi connectivity index (χ1n) is 7.33. The molecule has 124 valence electrons. The fourth-order valence-electron chi connectivity index (χ4n) is 2.53. The number of anilines is 1. The maximum absolute atomic E-state index is 14.4. The molecule has 1 aliphatic heterocycles. The number of carbonyl (C=O) groups excluding carboxylic acids is 1. The topological polar surface area (TPSA) is 76.9 Å². The van der Waals surface area contributed by atoms with Gasteiger partial charge in [0.15, 0.2) is 5.84 Å². The Hall–Kier alpha value is -2.93. The van der Waals surface area contributed by atoms with Gasteiger partial charge in [-0.1, -0.05) is 24.3 Å². The number of cyclic esters (lactones) is 1. The van der Waals surface area contributed by atoms with Crippen LogP contribution in [0, 0.1) is 11.2 Å². The zero-order valence-electron chi connectivity index (χ0n) is 13.0. The van der Waals surface area contributed by atoms with Crippen LogP contribution in [0.1, 0.15) is 5.56 Å². The van der Waals surface area contributed by atoms with Gasteiger partial charge in [-0.05, 0) is 23.8 Å². The molecular weight excluding hydrogens is 313 g/mol. The van der Waals surface area contributed by atoms with E-state index in [1.54, 1.807) is 36.4 Å². The monoisotopic (exact) mass is 329 g/mol. The summed E-state index contributed by atoms with van der Waals surface area (Å²) in [6, 6.07) is 11.2. The van der Waals surface area contributed by atoms with Crippen molar-refractivity contribution in [3.63, 3.8) is 0 Å². The molecule has 3 rings (SSSR count). The zero-order valence-corrected chi connectivity index (χ0v) is 13.0. The number of halogens is 1. The van der Waals surface area contributed by atoms with E-state index < -0.39 is 11.9 Å². The van der Waals surface area contributed by atoms with Crippen LogP contribution in [-0.4, -0.2) is 42.4 Å². The molecule has 2 N–H and O–H groups in total. The molecule has 0 spiro atoms. The number of rotatable bonds is 3. The van der Waals surface area contributed by atoms with Crippen molar-refractivity contribution in [1.82, 2.24) is 5.06 Å². The Morgan fingerprint density at radius 1 is 1.29 bits per heavy atom. The molecule has 0 aromatic heterocycles. The Labute approximate surface area is 138 Å². The lowest BCUT2D eigenvalue weighted by Gasteiger charge is -2.14. The molecule has 1 fully saturated rings. The molecule has 0 aliphatic carbocycles. The minimum Gasteiger partial charge on any atom is -0.447 e. The summed E-state index contributed by atoms with van der Waals surface area (Å²) < 4.78 is 19.3. The van der Waals surface area contributed by atoms with E-state index in [0.29, 0.717) is 40.6 Å². The fraction of sp³-hybridized carbons (Fsp3) is 0.176. The van der Waals surface area contributed by atoms with E-state index in [-0.39, 0.29) is 5.84 Å². The average molecular weight is 329 g/mol. The first-order valence-corrected chi connectivity index (χ1v) is 7.33. The molecule has 1 heterocycles. The van der Waals surface area contributed by atoms with E-state index in [1.807, 2.05) is 0 Å². The van der Waals surface area contributed by atoms with Crippen molar-refractivity contribution in [1.29, 1.82) is 5.41 Å². The van der Waals surface area contributed by atoms with Gasteiger partial charge >= 0.3 is 6.09 Å². The van der Waals surface area contributed by atoms with Gasteiger partial charge < -0.3 is 4.74 Å². The van der Waals surface area contributed by atoms with E-state index in [9.17, 15) is 14.4 Å². The van der Waals surface area contributed by atoms with Gasteiger partial charge in [0.05, 0.1) is 12.2 Å². The molecular formula is C17H16FN3O3. The van der Waals surface area contributed by atoms with Crippen molar-refractivity contribution in [2.45, 2.75) is 0 Å². The predicted octanol–water partition coefficient (Wildman–Crippen LogP) is 3.10. The van der Waals surface area contributed by atoms with Gasteiger partial charge in [-0.2, -0.15) is 0 Å². The Kier molecular flexibility index (Phi) is 4.18. The van der Waals surface area contributed by atoms with Crippen molar-refractivity contribution in [3.05, 3.63) is 53.8 Å². The van der Waals surface area contributed by atoms with Crippen LogP contribution in [0.2, 0.25) is 0 Å². The number of carbonyl (C=O) groups is 1. The minimum atomic E-state index is -0.474. The minimum absolute atomic E-state index is 0.0510. The summed E-state index contributed by atoms with van der Waals surface area (Å²) >= 11 is 0. The molecule has 0 radical (unpaired) electrons. The van der Waals surface area contributed by atoms with Gasteiger partial charge in [0.2, 0.25) is 0 Å². The molecule has 6 nitrogen and oxygen atoms in total. The van der Waals surface area contributed by atoms with E-state index in [0.717, 1.165) is 0 Å². The second kappa shape index (κ2) is 6.29. The molecule has 0 unspecified atom stereocenters. The van der Waals surface area contributed by atoms with Crippen molar-refractivity contribution in [2.75, 3.05) is 25.1 Å². The Balaban J connectivity index is 1.87. The maximum Gasteiger partial charge on any atom is 0.414 e. The Bertz CT molecular complexity index is 790. The smallest absolute Gasteiger partial charge is 0.414 e. The number of amides is 1. The fourth-order valence-corrected chi connectivity index (χ4v) is 2.53.